The summed E-state index contributed by atoms with van der Waals surface area (Å²) in [6, 6.07) is 5.91. The lowest BCUT2D eigenvalue weighted by molar-refractivity contribution is 0.310. The summed E-state index contributed by atoms with van der Waals surface area (Å²) in [6.07, 6.45) is 4.48. The van der Waals surface area contributed by atoms with Crippen molar-refractivity contribution in [3.05, 3.63) is 29.3 Å². The highest BCUT2D eigenvalue weighted by atomic mass is 35.5. The summed E-state index contributed by atoms with van der Waals surface area (Å²) >= 11 is 0. The van der Waals surface area contributed by atoms with Gasteiger partial charge in [0.15, 0.2) is 0 Å². The van der Waals surface area contributed by atoms with E-state index in [9.17, 15) is 8.42 Å². The number of fused-ring (bicyclic) bond motifs is 1. The molecule has 118 valence electrons. The number of hydrogen-bond donors (Lipinski definition) is 1. The Morgan fingerprint density at radius 1 is 1.19 bits per heavy atom. The lowest BCUT2D eigenvalue weighted by atomic mass is 9.92. The minimum absolute atomic E-state index is 0. The molecule has 2 aliphatic rings. The van der Waals surface area contributed by atoms with Crippen molar-refractivity contribution in [2.24, 2.45) is 0 Å². The SMILES string of the molecule is C[C@@H]1CN(S(=O)(=O)c2ccc3c(c2)CCCC3)CCN1.Cl. The van der Waals surface area contributed by atoms with Gasteiger partial charge < -0.3 is 5.32 Å². The Labute approximate surface area is 133 Å². The van der Waals surface area contributed by atoms with Gasteiger partial charge in [-0.15, -0.1) is 12.4 Å². The van der Waals surface area contributed by atoms with Gasteiger partial charge in [0.2, 0.25) is 10.0 Å². The van der Waals surface area contributed by atoms with E-state index in [2.05, 4.69) is 5.32 Å². The van der Waals surface area contributed by atoms with Gasteiger partial charge in [0.25, 0.3) is 0 Å². The van der Waals surface area contributed by atoms with Crippen LogP contribution < -0.4 is 5.32 Å². The van der Waals surface area contributed by atoms with Crippen LogP contribution in [-0.2, 0) is 22.9 Å². The summed E-state index contributed by atoms with van der Waals surface area (Å²) in [4.78, 5) is 0.465. The minimum Gasteiger partial charge on any atom is -0.312 e. The van der Waals surface area contributed by atoms with Gasteiger partial charge in [0.05, 0.1) is 4.90 Å². The third-order valence-electron chi connectivity index (χ3n) is 4.29. The zero-order valence-corrected chi connectivity index (χ0v) is 14.0. The van der Waals surface area contributed by atoms with Gasteiger partial charge in [-0.2, -0.15) is 4.31 Å². The van der Waals surface area contributed by atoms with Crippen LogP contribution in [0.3, 0.4) is 0 Å². The highest BCUT2D eigenvalue weighted by molar-refractivity contribution is 7.89. The van der Waals surface area contributed by atoms with E-state index in [1.807, 2.05) is 19.1 Å². The molecule has 1 N–H and O–H groups in total. The number of halogens is 1. The van der Waals surface area contributed by atoms with Crippen molar-refractivity contribution in [1.29, 1.82) is 0 Å². The Morgan fingerprint density at radius 3 is 2.62 bits per heavy atom. The molecule has 1 aliphatic carbocycles. The average Bonchev–Trinajstić information content (AvgIpc) is 2.46. The summed E-state index contributed by atoms with van der Waals surface area (Å²) < 4.78 is 27.0. The third kappa shape index (κ3) is 3.42. The summed E-state index contributed by atoms with van der Waals surface area (Å²) in [7, 11) is -3.34. The molecule has 3 rings (SSSR count). The molecule has 0 unspecified atom stereocenters. The predicted molar refractivity (Wildman–Crippen MR) is 86.6 cm³/mol. The van der Waals surface area contributed by atoms with Crippen LogP contribution >= 0.6 is 12.4 Å². The number of benzene rings is 1. The molecule has 1 heterocycles. The molecule has 0 spiro atoms. The first kappa shape index (κ1) is 16.7. The van der Waals surface area contributed by atoms with Gasteiger partial charge in [0, 0.05) is 25.7 Å². The first-order valence-corrected chi connectivity index (χ1v) is 8.87. The van der Waals surface area contributed by atoms with Gasteiger partial charge >= 0.3 is 0 Å². The van der Waals surface area contributed by atoms with Crippen LogP contribution in [0.5, 0.6) is 0 Å². The molecule has 0 radical (unpaired) electrons. The molecule has 0 aromatic heterocycles. The first-order chi connectivity index (χ1) is 9.57. The maximum atomic E-state index is 12.7. The van der Waals surface area contributed by atoms with Crippen LogP contribution in [0, 0.1) is 0 Å². The Balaban J connectivity index is 0.00000161. The molecule has 0 bridgehead atoms. The van der Waals surface area contributed by atoms with Crippen molar-refractivity contribution in [3.8, 4) is 0 Å². The standard InChI is InChI=1S/C15H22N2O2S.ClH/c1-12-11-17(9-8-16-12)20(18,19)15-7-6-13-4-2-3-5-14(13)10-15;/h6-7,10,12,16H,2-5,8-9,11H2,1H3;1H/t12-;/m1./s1. The molecule has 0 saturated carbocycles. The molecular weight excluding hydrogens is 308 g/mol. The van der Waals surface area contributed by atoms with Gasteiger partial charge in [0.1, 0.15) is 0 Å². The lowest BCUT2D eigenvalue weighted by Gasteiger charge is -2.31. The minimum atomic E-state index is -3.34. The molecule has 1 atom stereocenters. The molecule has 1 fully saturated rings. The monoisotopic (exact) mass is 330 g/mol. The molecule has 1 aromatic rings. The Kier molecular flexibility index (Phi) is 5.30. The number of nitrogens with one attached hydrogen (secondary N) is 1. The van der Waals surface area contributed by atoms with Crippen LogP contribution in [0.1, 0.15) is 30.9 Å². The summed E-state index contributed by atoms with van der Waals surface area (Å²) in [5.41, 5.74) is 2.55. The topological polar surface area (TPSA) is 49.4 Å². The number of sulfonamides is 1. The number of rotatable bonds is 2. The van der Waals surface area contributed by atoms with Crippen LogP contribution in [0.15, 0.2) is 23.1 Å². The fourth-order valence-electron chi connectivity index (χ4n) is 3.13. The maximum absolute atomic E-state index is 12.7. The fraction of sp³-hybridized carbons (Fsp3) is 0.600. The quantitative estimate of drug-likeness (QED) is 0.902. The molecule has 6 heteroatoms. The molecule has 1 saturated heterocycles. The van der Waals surface area contributed by atoms with Gasteiger partial charge in [-0.3, -0.25) is 0 Å². The van der Waals surface area contributed by atoms with Crippen molar-refractivity contribution in [1.82, 2.24) is 9.62 Å². The normalized spacial score (nSPS) is 23.2. The van der Waals surface area contributed by atoms with E-state index < -0.39 is 10.0 Å². The van der Waals surface area contributed by atoms with Crippen molar-refractivity contribution >= 4 is 22.4 Å². The summed E-state index contributed by atoms with van der Waals surface area (Å²) in [6.45, 7) is 3.86. The van der Waals surface area contributed by atoms with Crippen molar-refractivity contribution < 1.29 is 8.42 Å². The van der Waals surface area contributed by atoms with Crippen molar-refractivity contribution in [3.63, 3.8) is 0 Å². The van der Waals surface area contributed by atoms with E-state index in [0.717, 1.165) is 19.4 Å². The Hall–Kier alpha value is -0.620. The number of aryl methyl sites for hydroxylation is 2. The summed E-state index contributed by atoms with van der Waals surface area (Å²) in [5, 5.41) is 3.28. The zero-order chi connectivity index (χ0) is 14.2. The Bertz CT molecular complexity index is 604. The van der Waals surface area contributed by atoms with Crippen LogP contribution in [-0.4, -0.2) is 38.4 Å². The lowest BCUT2D eigenvalue weighted by Crippen LogP contribution is -2.51. The van der Waals surface area contributed by atoms with Crippen LogP contribution in [0.2, 0.25) is 0 Å². The van der Waals surface area contributed by atoms with E-state index in [1.165, 1.54) is 24.0 Å². The highest BCUT2D eigenvalue weighted by Gasteiger charge is 2.29. The van der Waals surface area contributed by atoms with Gasteiger partial charge in [-0.1, -0.05) is 6.07 Å². The van der Waals surface area contributed by atoms with Crippen LogP contribution in [0.25, 0.3) is 0 Å². The van der Waals surface area contributed by atoms with E-state index in [-0.39, 0.29) is 18.4 Å². The van der Waals surface area contributed by atoms with E-state index >= 15 is 0 Å². The third-order valence-corrected chi connectivity index (χ3v) is 6.15. The molecule has 1 aromatic carbocycles. The van der Waals surface area contributed by atoms with Crippen molar-refractivity contribution in [2.45, 2.75) is 43.5 Å². The number of hydrogen-bond acceptors (Lipinski definition) is 3. The molecule has 4 nitrogen and oxygen atoms in total. The van der Waals surface area contributed by atoms with E-state index in [4.69, 9.17) is 0 Å². The second-order valence-electron chi connectivity index (χ2n) is 5.86. The van der Waals surface area contributed by atoms with E-state index in [1.54, 1.807) is 10.4 Å². The largest absolute Gasteiger partial charge is 0.312 e. The smallest absolute Gasteiger partial charge is 0.243 e. The fourth-order valence-corrected chi connectivity index (χ4v) is 4.72. The molecule has 21 heavy (non-hydrogen) atoms. The van der Waals surface area contributed by atoms with Gasteiger partial charge in [-0.05, 0) is 55.9 Å². The number of piperazine rings is 1. The average molecular weight is 331 g/mol. The highest BCUT2D eigenvalue weighted by Crippen LogP contribution is 2.26. The molecule has 1 aliphatic heterocycles. The molecule has 0 amide bonds. The van der Waals surface area contributed by atoms with Crippen molar-refractivity contribution in [2.75, 3.05) is 19.6 Å². The maximum Gasteiger partial charge on any atom is 0.243 e. The second-order valence-corrected chi connectivity index (χ2v) is 7.79. The zero-order valence-electron chi connectivity index (χ0n) is 12.3. The van der Waals surface area contributed by atoms with Crippen LogP contribution in [0.4, 0.5) is 0 Å². The first-order valence-electron chi connectivity index (χ1n) is 7.43. The predicted octanol–water partition coefficient (Wildman–Crippen LogP) is 1.97. The number of nitrogens with zero attached hydrogens (tertiary/aromatic N) is 1. The Morgan fingerprint density at radius 2 is 1.90 bits per heavy atom. The van der Waals surface area contributed by atoms with Gasteiger partial charge in [-0.25, -0.2) is 8.42 Å². The second kappa shape index (κ2) is 6.65. The van der Waals surface area contributed by atoms with E-state index in [0.29, 0.717) is 18.0 Å². The molecular formula is C15H23ClN2O2S. The summed E-state index contributed by atoms with van der Waals surface area (Å²) in [5.74, 6) is 0.